The minimum Gasteiger partial charge on any atom is -0.481 e. The fraction of sp³-hybridized carbons (Fsp3) is 0.286. The fourth-order valence-electron chi connectivity index (χ4n) is 2.24. The molecule has 1 aromatic carbocycles. The molecule has 0 unspecified atom stereocenters. The minimum absolute atomic E-state index is 0.211. The lowest BCUT2D eigenvalue weighted by atomic mass is 9.99. The number of carbonyl (C=O) groups excluding carboxylic acids is 1. The number of carbonyl (C=O) groups is 1. The zero-order valence-electron chi connectivity index (χ0n) is 12.8. The maximum absolute atomic E-state index is 12.8. The van der Waals surface area contributed by atoms with E-state index in [1.165, 1.54) is 24.1 Å². The van der Waals surface area contributed by atoms with Crippen LogP contribution in [-0.2, 0) is 22.6 Å². The van der Waals surface area contributed by atoms with Crippen molar-refractivity contribution in [1.82, 2.24) is 9.78 Å². The molecule has 0 amide bonds. The van der Waals surface area contributed by atoms with Crippen molar-refractivity contribution in [1.29, 1.82) is 0 Å². The van der Waals surface area contributed by atoms with E-state index in [-0.39, 0.29) is 28.1 Å². The second-order valence-corrected chi connectivity index (χ2v) is 8.07. The highest BCUT2D eigenvalue weighted by Crippen LogP contribution is 2.31. The number of nitrogens with zero attached hydrogens (tertiary/aromatic N) is 2. The van der Waals surface area contributed by atoms with Crippen LogP contribution in [0.25, 0.3) is 0 Å². The minimum atomic E-state index is -3.37. The molecule has 0 aliphatic carbocycles. The molecule has 0 atom stereocenters. The molecule has 0 spiro atoms. The molecule has 0 saturated carbocycles. The molecule has 9 heteroatoms. The standard InChI is InChI=1S/C14H16BrN3O4S/c1-18-14(22-2)9(6-17-18)13(19)8-4-5-11(15)12(16)10(8)7-23(3,20)21/h4-6H,7,16H2,1-3H3. The zero-order valence-corrected chi connectivity index (χ0v) is 15.2. The van der Waals surface area contributed by atoms with Crippen LogP contribution in [0.2, 0.25) is 0 Å². The van der Waals surface area contributed by atoms with Crippen molar-refractivity contribution in [2.75, 3.05) is 19.1 Å². The summed E-state index contributed by atoms with van der Waals surface area (Å²) in [6.45, 7) is 0. The number of anilines is 1. The predicted octanol–water partition coefficient (Wildman–Crippen LogP) is 1.55. The van der Waals surface area contributed by atoms with Gasteiger partial charge in [-0.1, -0.05) is 0 Å². The summed E-state index contributed by atoms with van der Waals surface area (Å²) in [5, 5.41) is 3.99. The quantitative estimate of drug-likeness (QED) is 0.601. The Labute approximate surface area is 142 Å². The van der Waals surface area contributed by atoms with Gasteiger partial charge >= 0.3 is 0 Å². The first-order chi connectivity index (χ1) is 10.7. The summed E-state index contributed by atoms with van der Waals surface area (Å²) in [6.07, 6.45) is 2.47. The van der Waals surface area contributed by atoms with Crippen molar-refractivity contribution >= 4 is 37.2 Å². The van der Waals surface area contributed by atoms with Crippen LogP contribution >= 0.6 is 15.9 Å². The first-order valence-electron chi connectivity index (χ1n) is 6.51. The zero-order chi connectivity index (χ0) is 17.4. The smallest absolute Gasteiger partial charge is 0.222 e. The Bertz CT molecular complexity index is 874. The Morgan fingerprint density at radius 3 is 2.61 bits per heavy atom. The number of aromatic nitrogens is 2. The van der Waals surface area contributed by atoms with Gasteiger partial charge in [-0.25, -0.2) is 13.1 Å². The van der Waals surface area contributed by atoms with Crippen molar-refractivity contribution in [3.8, 4) is 5.88 Å². The van der Waals surface area contributed by atoms with Gasteiger partial charge in [0.05, 0.1) is 24.7 Å². The second-order valence-electron chi connectivity index (χ2n) is 5.08. The molecule has 2 aromatic rings. The molecule has 23 heavy (non-hydrogen) atoms. The van der Waals surface area contributed by atoms with Crippen LogP contribution in [0, 0.1) is 0 Å². The fourth-order valence-corrected chi connectivity index (χ4v) is 3.44. The van der Waals surface area contributed by atoms with Gasteiger partial charge in [-0.15, -0.1) is 0 Å². The van der Waals surface area contributed by atoms with Crippen molar-refractivity contribution in [3.63, 3.8) is 0 Å². The molecule has 2 rings (SSSR count). The van der Waals surface area contributed by atoms with E-state index in [4.69, 9.17) is 10.5 Å². The number of hydrogen-bond acceptors (Lipinski definition) is 6. The molecular weight excluding hydrogens is 386 g/mol. The SMILES string of the molecule is COc1c(C(=O)c2ccc(Br)c(N)c2CS(C)(=O)=O)cnn1C. The van der Waals surface area contributed by atoms with Crippen molar-refractivity contribution < 1.29 is 17.9 Å². The third kappa shape index (κ3) is 3.56. The number of ketones is 1. The number of aryl methyl sites for hydroxylation is 1. The predicted molar refractivity (Wildman–Crippen MR) is 90.3 cm³/mol. The van der Waals surface area contributed by atoms with Gasteiger partial charge in [0.2, 0.25) is 5.88 Å². The lowest BCUT2D eigenvalue weighted by Crippen LogP contribution is -2.13. The molecule has 0 saturated heterocycles. The average Bonchev–Trinajstić information content (AvgIpc) is 2.83. The van der Waals surface area contributed by atoms with E-state index in [9.17, 15) is 13.2 Å². The lowest BCUT2D eigenvalue weighted by Gasteiger charge is -2.12. The summed E-state index contributed by atoms with van der Waals surface area (Å²) in [4.78, 5) is 12.8. The van der Waals surface area contributed by atoms with Crippen molar-refractivity contribution in [2.24, 2.45) is 7.05 Å². The average molecular weight is 402 g/mol. The number of rotatable bonds is 5. The third-order valence-corrected chi connectivity index (χ3v) is 4.78. The summed E-state index contributed by atoms with van der Waals surface area (Å²) in [5.74, 6) is -0.434. The highest BCUT2D eigenvalue weighted by atomic mass is 79.9. The molecule has 0 fully saturated rings. The van der Waals surface area contributed by atoms with Crippen molar-refractivity contribution in [2.45, 2.75) is 5.75 Å². The largest absolute Gasteiger partial charge is 0.481 e. The number of hydrogen-bond donors (Lipinski definition) is 1. The molecule has 124 valence electrons. The van der Waals surface area contributed by atoms with Gasteiger partial charge in [0.25, 0.3) is 0 Å². The monoisotopic (exact) mass is 401 g/mol. The van der Waals surface area contributed by atoms with Crippen molar-refractivity contribution in [3.05, 3.63) is 39.5 Å². The number of benzene rings is 1. The van der Waals surface area contributed by atoms with Gasteiger partial charge in [-0.05, 0) is 28.1 Å². The maximum atomic E-state index is 12.8. The van der Waals surface area contributed by atoms with E-state index in [0.29, 0.717) is 10.4 Å². The van der Waals surface area contributed by atoms with Crippen LogP contribution in [0.4, 0.5) is 5.69 Å². The van der Waals surface area contributed by atoms with Gasteiger partial charge in [0.15, 0.2) is 15.6 Å². The topological polar surface area (TPSA) is 104 Å². The Kier molecular flexibility index (Phi) is 4.81. The molecule has 0 aliphatic heterocycles. The normalized spacial score (nSPS) is 11.5. The molecule has 0 aliphatic rings. The maximum Gasteiger partial charge on any atom is 0.222 e. The number of nitrogen functional groups attached to an aromatic ring is 1. The van der Waals surface area contributed by atoms with E-state index >= 15 is 0 Å². The van der Waals surface area contributed by atoms with Gasteiger partial charge in [-0.3, -0.25) is 4.79 Å². The molecule has 7 nitrogen and oxygen atoms in total. The molecule has 0 bridgehead atoms. The lowest BCUT2D eigenvalue weighted by molar-refractivity contribution is 0.103. The molecule has 1 heterocycles. The van der Waals surface area contributed by atoms with Gasteiger partial charge in [0, 0.05) is 28.9 Å². The summed E-state index contributed by atoms with van der Waals surface area (Å²) in [7, 11) is -0.297. The van der Waals surface area contributed by atoms with Crippen LogP contribution in [0.1, 0.15) is 21.5 Å². The number of methoxy groups -OCH3 is 1. The summed E-state index contributed by atoms with van der Waals surface area (Å²) >= 11 is 3.25. The highest BCUT2D eigenvalue weighted by molar-refractivity contribution is 9.10. The Hall–Kier alpha value is -1.87. The highest BCUT2D eigenvalue weighted by Gasteiger charge is 2.24. The van der Waals surface area contributed by atoms with E-state index < -0.39 is 15.6 Å². The van der Waals surface area contributed by atoms with Crippen LogP contribution in [0.3, 0.4) is 0 Å². The summed E-state index contributed by atoms with van der Waals surface area (Å²) in [6, 6.07) is 3.15. The van der Waals surface area contributed by atoms with E-state index in [1.54, 1.807) is 13.1 Å². The Balaban J connectivity index is 2.63. The van der Waals surface area contributed by atoms with Crippen LogP contribution in [0.15, 0.2) is 22.8 Å². The first-order valence-corrected chi connectivity index (χ1v) is 9.36. The molecular formula is C14H16BrN3O4S. The van der Waals surface area contributed by atoms with Crippen LogP contribution < -0.4 is 10.5 Å². The van der Waals surface area contributed by atoms with Gasteiger partial charge < -0.3 is 10.5 Å². The summed E-state index contributed by atoms with van der Waals surface area (Å²) < 4.78 is 30.5. The number of nitrogens with two attached hydrogens (primary N) is 1. The van der Waals surface area contributed by atoms with E-state index in [2.05, 4.69) is 21.0 Å². The second kappa shape index (κ2) is 6.32. The van der Waals surface area contributed by atoms with E-state index in [1.807, 2.05) is 0 Å². The number of halogens is 1. The van der Waals surface area contributed by atoms with Crippen LogP contribution in [-0.4, -0.2) is 37.3 Å². The Morgan fingerprint density at radius 1 is 1.39 bits per heavy atom. The third-order valence-electron chi connectivity index (χ3n) is 3.28. The molecule has 1 aromatic heterocycles. The molecule has 0 radical (unpaired) electrons. The summed E-state index contributed by atoms with van der Waals surface area (Å²) in [5.41, 5.74) is 6.91. The van der Waals surface area contributed by atoms with E-state index in [0.717, 1.165) is 6.26 Å². The van der Waals surface area contributed by atoms with Gasteiger partial charge in [-0.2, -0.15) is 5.10 Å². The molecule has 2 N–H and O–H groups in total. The Morgan fingerprint density at radius 2 is 2.04 bits per heavy atom. The number of sulfone groups is 1. The number of ether oxygens (including phenoxy) is 1. The van der Waals surface area contributed by atoms with Gasteiger partial charge in [0.1, 0.15) is 5.56 Å². The first kappa shape index (κ1) is 17.5. The van der Waals surface area contributed by atoms with Crippen LogP contribution in [0.5, 0.6) is 5.88 Å².